The van der Waals surface area contributed by atoms with E-state index in [1.807, 2.05) is 31.3 Å². The van der Waals surface area contributed by atoms with Crippen molar-refractivity contribution < 1.29 is 0 Å². The fourth-order valence-corrected chi connectivity index (χ4v) is 2.27. The first kappa shape index (κ1) is 15.9. The van der Waals surface area contributed by atoms with Gasteiger partial charge in [-0.2, -0.15) is 5.26 Å². The van der Waals surface area contributed by atoms with Gasteiger partial charge in [-0.3, -0.25) is 0 Å². The lowest BCUT2D eigenvalue weighted by Gasteiger charge is -2.21. The van der Waals surface area contributed by atoms with E-state index in [4.69, 9.17) is 0 Å². The van der Waals surface area contributed by atoms with Crippen LogP contribution in [0.1, 0.15) is 26.3 Å². The molecule has 0 saturated heterocycles. The van der Waals surface area contributed by atoms with Crippen LogP contribution in [0, 0.1) is 16.7 Å². The summed E-state index contributed by atoms with van der Waals surface area (Å²) in [7, 11) is 1.91. The van der Waals surface area contributed by atoms with Gasteiger partial charge in [0.25, 0.3) is 0 Å². The topological polar surface area (TPSA) is 47.9 Å². The molecule has 0 saturated carbocycles. The molecule has 0 aromatic heterocycles. The molecule has 0 spiro atoms. The maximum absolute atomic E-state index is 9.26. The lowest BCUT2D eigenvalue weighted by atomic mass is 9.96. The summed E-state index contributed by atoms with van der Waals surface area (Å²) < 4.78 is 0. The van der Waals surface area contributed by atoms with Gasteiger partial charge in [0.2, 0.25) is 0 Å². The molecule has 2 rings (SSSR count). The highest BCUT2D eigenvalue weighted by atomic mass is 14.9. The van der Waals surface area contributed by atoms with Crippen LogP contribution in [0.4, 0.5) is 11.4 Å². The Morgan fingerprint density at radius 2 is 1.77 bits per heavy atom. The number of nitriles is 1. The molecule has 3 nitrogen and oxygen atoms in total. The Morgan fingerprint density at radius 1 is 1.05 bits per heavy atom. The van der Waals surface area contributed by atoms with Crippen molar-refractivity contribution in [2.75, 3.05) is 24.2 Å². The van der Waals surface area contributed by atoms with Crippen LogP contribution in [0.3, 0.4) is 0 Å². The molecule has 0 bridgehead atoms. The lowest BCUT2D eigenvalue weighted by molar-refractivity contribution is 0.443. The smallest absolute Gasteiger partial charge is 0.0998 e. The molecular formula is C19H23N3. The Morgan fingerprint density at radius 3 is 2.41 bits per heavy atom. The van der Waals surface area contributed by atoms with Gasteiger partial charge in [-0.05, 0) is 34.7 Å². The van der Waals surface area contributed by atoms with Crippen LogP contribution in [-0.2, 0) is 0 Å². The Bertz CT molecular complexity index is 691. The van der Waals surface area contributed by atoms with Gasteiger partial charge in [0.05, 0.1) is 23.0 Å². The van der Waals surface area contributed by atoms with E-state index in [0.717, 1.165) is 29.0 Å². The van der Waals surface area contributed by atoms with Crippen LogP contribution in [0.15, 0.2) is 42.5 Å². The highest BCUT2D eigenvalue weighted by molar-refractivity contribution is 5.79. The number of nitrogens with one attached hydrogen (secondary N) is 2. The molecule has 0 aliphatic rings. The van der Waals surface area contributed by atoms with Crippen molar-refractivity contribution >= 4 is 11.4 Å². The highest BCUT2D eigenvalue weighted by Crippen LogP contribution is 2.31. The molecule has 0 radical (unpaired) electrons. The summed E-state index contributed by atoms with van der Waals surface area (Å²) in [5.74, 6) is 0. The highest BCUT2D eigenvalue weighted by Gasteiger charge is 2.12. The molecule has 2 aromatic rings. The van der Waals surface area contributed by atoms with Gasteiger partial charge in [-0.25, -0.2) is 0 Å². The van der Waals surface area contributed by atoms with Gasteiger partial charge in [0.1, 0.15) is 0 Å². The summed E-state index contributed by atoms with van der Waals surface area (Å²) in [5, 5.41) is 16.0. The first-order valence-corrected chi connectivity index (χ1v) is 7.50. The summed E-state index contributed by atoms with van der Waals surface area (Å²) in [5.41, 5.74) is 5.04. The van der Waals surface area contributed by atoms with Crippen LogP contribution in [0.5, 0.6) is 0 Å². The van der Waals surface area contributed by atoms with Crippen LogP contribution in [0.25, 0.3) is 11.1 Å². The van der Waals surface area contributed by atoms with Gasteiger partial charge >= 0.3 is 0 Å². The number of rotatable bonds is 4. The maximum atomic E-state index is 9.26. The number of benzene rings is 2. The van der Waals surface area contributed by atoms with Crippen molar-refractivity contribution in [2.24, 2.45) is 5.41 Å². The molecule has 0 aliphatic carbocycles. The molecule has 0 unspecified atom stereocenters. The molecule has 3 heteroatoms. The summed E-state index contributed by atoms with van der Waals surface area (Å²) in [6.07, 6.45) is 0. The molecule has 2 N–H and O–H groups in total. The Labute approximate surface area is 133 Å². The monoisotopic (exact) mass is 293 g/mol. The zero-order valence-corrected chi connectivity index (χ0v) is 13.7. The van der Waals surface area contributed by atoms with Crippen molar-refractivity contribution in [1.82, 2.24) is 0 Å². The minimum Gasteiger partial charge on any atom is -0.386 e. The average Bonchev–Trinajstić information content (AvgIpc) is 2.52. The van der Waals surface area contributed by atoms with E-state index in [1.165, 1.54) is 0 Å². The second kappa shape index (κ2) is 6.53. The van der Waals surface area contributed by atoms with Crippen molar-refractivity contribution in [3.05, 3.63) is 48.0 Å². The number of nitrogens with zero attached hydrogens (tertiary/aromatic N) is 1. The molecule has 2 aromatic carbocycles. The summed E-state index contributed by atoms with van der Waals surface area (Å²) in [4.78, 5) is 0. The van der Waals surface area contributed by atoms with Gasteiger partial charge < -0.3 is 10.6 Å². The van der Waals surface area contributed by atoms with Gasteiger partial charge in [-0.15, -0.1) is 0 Å². The van der Waals surface area contributed by atoms with Crippen molar-refractivity contribution in [3.63, 3.8) is 0 Å². The van der Waals surface area contributed by atoms with Gasteiger partial charge in [0.15, 0.2) is 0 Å². The normalized spacial score (nSPS) is 10.9. The molecule has 22 heavy (non-hydrogen) atoms. The van der Waals surface area contributed by atoms with E-state index in [0.29, 0.717) is 5.56 Å². The molecule has 0 heterocycles. The molecular weight excluding hydrogens is 270 g/mol. The van der Waals surface area contributed by atoms with Crippen LogP contribution < -0.4 is 10.6 Å². The second-order valence-corrected chi connectivity index (χ2v) is 6.58. The fourth-order valence-electron chi connectivity index (χ4n) is 2.27. The minimum atomic E-state index is 0.219. The van der Waals surface area contributed by atoms with E-state index in [1.54, 1.807) is 0 Å². The largest absolute Gasteiger partial charge is 0.386 e. The molecule has 0 aliphatic heterocycles. The maximum Gasteiger partial charge on any atom is 0.0998 e. The van der Waals surface area contributed by atoms with E-state index in [2.05, 4.69) is 55.7 Å². The molecule has 0 atom stereocenters. The fraction of sp³-hybridized carbons (Fsp3) is 0.316. The first-order chi connectivity index (χ1) is 10.4. The van der Waals surface area contributed by atoms with E-state index >= 15 is 0 Å². The summed E-state index contributed by atoms with van der Waals surface area (Å²) in [6.45, 7) is 7.51. The second-order valence-electron chi connectivity index (χ2n) is 6.58. The predicted molar refractivity (Wildman–Crippen MR) is 94.1 cm³/mol. The van der Waals surface area contributed by atoms with Crippen molar-refractivity contribution in [1.29, 1.82) is 5.26 Å². The standard InChI is InChI=1S/C19H23N3/c1-19(2,3)13-22-17-10-9-14(11-18(17)21-4)16-8-6-5-7-15(16)12-20/h5-11,21-22H,13H2,1-4H3. The molecule has 0 fully saturated rings. The van der Waals surface area contributed by atoms with Gasteiger partial charge in [-0.1, -0.05) is 45.0 Å². The Balaban J connectivity index is 2.35. The zero-order valence-electron chi connectivity index (χ0n) is 13.7. The average molecular weight is 293 g/mol. The Hall–Kier alpha value is -2.47. The summed E-state index contributed by atoms with van der Waals surface area (Å²) in [6, 6.07) is 16.1. The summed E-state index contributed by atoms with van der Waals surface area (Å²) >= 11 is 0. The van der Waals surface area contributed by atoms with E-state index < -0.39 is 0 Å². The van der Waals surface area contributed by atoms with Crippen LogP contribution in [0.2, 0.25) is 0 Å². The van der Waals surface area contributed by atoms with Crippen LogP contribution in [-0.4, -0.2) is 13.6 Å². The predicted octanol–water partition coefficient (Wildman–Crippen LogP) is 4.72. The first-order valence-electron chi connectivity index (χ1n) is 7.50. The van der Waals surface area contributed by atoms with Crippen molar-refractivity contribution in [2.45, 2.75) is 20.8 Å². The quantitative estimate of drug-likeness (QED) is 0.857. The van der Waals surface area contributed by atoms with E-state index in [-0.39, 0.29) is 5.41 Å². The minimum absolute atomic E-state index is 0.219. The number of hydrogen-bond acceptors (Lipinski definition) is 3. The third kappa shape index (κ3) is 3.79. The zero-order chi connectivity index (χ0) is 16.2. The Kier molecular flexibility index (Phi) is 4.72. The molecule has 114 valence electrons. The molecule has 0 amide bonds. The SMILES string of the molecule is CNc1cc(-c2ccccc2C#N)ccc1NCC(C)(C)C. The van der Waals surface area contributed by atoms with E-state index in [9.17, 15) is 5.26 Å². The third-order valence-electron chi connectivity index (χ3n) is 3.46. The van der Waals surface area contributed by atoms with Crippen LogP contribution >= 0.6 is 0 Å². The number of hydrogen-bond donors (Lipinski definition) is 2. The van der Waals surface area contributed by atoms with Gasteiger partial charge in [0, 0.05) is 13.6 Å². The van der Waals surface area contributed by atoms with Crippen molar-refractivity contribution in [3.8, 4) is 17.2 Å². The third-order valence-corrected chi connectivity index (χ3v) is 3.46. The lowest BCUT2D eigenvalue weighted by Crippen LogP contribution is -2.19. The number of anilines is 2.